The van der Waals surface area contributed by atoms with Crippen LogP contribution in [0.4, 0.5) is 10.2 Å². The maximum atomic E-state index is 13.1. The third-order valence-electron chi connectivity index (χ3n) is 2.90. The van der Waals surface area contributed by atoms with Crippen molar-refractivity contribution in [1.29, 1.82) is 0 Å². The molecule has 0 amide bonds. The lowest BCUT2D eigenvalue weighted by Crippen LogP contribution is -2.30. The molecule has 0 radical (unpaired) electrons. The molecule has 2 rings (SSSR count). The molecule has 4 heteroatoms. The molecule has 1 heterocycles. The minimum absolute atomic E-state index is 0.290. The van der Waals surface area contributed by atoms with Crippen LogP contribution in [-0.2, 0) is 12.8 Å². The topological polar surface area (TPSA) is 59.1 Å². The van der Waals surface area contributed by atoms with Gasteiger partial charge < -0.3 is 10.8 Å². The fourth-order valence-corrected chi connectivity index (χ4v) is 2.19. The van der Waals surface area contributed by atoms with Crippen LogP contribution in [0.15, 0.2) is 42.6 Å². The van der Waals surface area contributed by atoms with E-state index in [1.54, 1.807) is 31.3 Å². The fourth-order valence-electron chi connectivity index (χ4n) is 2.19. The maximum absolute atomic E-state index is 13.1. The van der Waals surface area contributed by atoms with E-state index in [0.29, 0.717) is 18.7 Å². The highest BCUT2D eigenvalue weighted by Gasteiger charge is 2.22. The second-order valence-corrected chi connectivity index (χ2v) is 5.07. The van der Waals surface area contributed by atoms with E-state index < -0.39 is 5.60 Å². The predicted molar refractivity (Wildman–Crippen MR) is 73.1 cm³/mol. The van der Waals surface area contributed by atoms with Gasteiger partial charge in [0.1, 0.15) is 11.6 Å². The van der Waals surface area contributed by atoms with Gasteiger partial charge in [-0.15, -0.1) is 0 Å². The van der Waals surface area contributed by atoms with Crippen LogP contribution < -0.4 is 5.73 Å². The van der Waals surface area contributed by atoms with Gasteiger partial charge in [-0.1, -0.05) is 12.1 Å². The summed E-state index contributed by atoms with van der Waals surface area (Å²) in [7, 11) is 0. The molecule has 0 fully saturated rings. The molecule has 0 spiro atoms. The molecule has 0 aliphatic rings. The highest BCUT2D eigenvalue weighted by atomic mass is 19.1. The molecule has 0 bridgehead atoms. The molecule has 0 saturated heterocycles. The number of anilines is 1. The summed E-state index contributed by atoms with van der Waals surface area (Å²) in [4.78, 5) is 3.91. The van der Waals surface area contributed by atoms with Crippen molar-refractivity contribution in [2.75, 3.05) is 5.73 Å². The number of aromatic nitrogens is 1. The summed E-state index contributed by atoms with van der Waals surface area (Å²) in [6.45, 7) is 1.73. The van der Waals surface area contributed by atoms with E-state index in [0.717, 1.165) is 11.1 Å². The Hall–Kier alpha value is -1.94. The summed E-state index contributed by atoms with van der Waals surface area (Å²) in [5, 5.41) is 10.4. The number of hydrogen-bond donors (Lipinski definition) is 2. The van der Waals surface area contributed by atoms with E-state index in [9.17, 15) is 9.50 Å². The summed E-state index contributed by atoms with van der Waals surface area (Å²) in [5.74, 6) is 0.139. The first-order valence-corrected chi connectivity index (χ1v) is 6.12. The van der Waals surface area contributed by atoms with Gasteiger partial charge in [-0.05, 0) is 42.3 Å². The first-order valence-electron chi connectivity index (χ1n) is 6.12. The van der Waals surface area contributed by atoms with Crippen molar-refractivity contribution in [3.05, 3.63) is 59.5 Å². The van der Waals surface area contributed by atoms with Crippen LogP contribution in [0.2, 0.25) is 0 Å². The highest BCUT2D eigenvalue weighted by molar-refractivity contribution is 5.32. The summed E-state index contributed by atoms with van der Waals surface area (Å²) in [5.41, 5.74) is 6.33. The number of benzene rings is 1. The largest absolute Gasteiger partial charge is 0.389 e. The predicted octanol–water partition coefficient (Wildman–Crippen LogP) is 2.34. The molecule has 2 aromatic rings. The van der Waals surface area contributed by atoms with Crippen molar-refractivity contribution >= 4 is 5.82 Å². The van der Waals surface area contributed by atoms with Gasteiger partial charge in [0.25, 0.3) is 0 Å². The van der Waals surface area contributed by atoms with Crippen LogP contribution in [0.5, 0.6) is 0 Å². The molecular weight excluding hydrogens is 243 g/mol. The zero-order chi connectivity index (χ0) is 13.9. The number of pyridine rings is 1. The smallest absolute Gasteiger partial charge is 0.123 e. The van der Waals surface area contributed by atoms with E-state index in [1.807, 2.05) is 6.07 Å². The maximum Gasteiger partial charge on any atom is 0.123 e. The van der Waals surface area contributed by atoms with Crippen molar-refractivity contribution in [3.63, 3.8) is 0 Å². The minimum atomic E-state index is -0.957. The average molecular weight is 260 g/mol. The Bertz CT molecular complexity index is 520. The van der Waals surface area contributed by atoms with Crippen molar-refractivity contribution in [2.45, 2.75) is 25.4 Å². The van der Waals surface area contributed by atoms with Crippen LogP contribution in [0.1, 0.15) is 18.1 Å². The Labute approximate surface area is 111 Å². The Balaban J connectivity index is 2.10. The molecule has 19 heavy (non-hydrogen) atoms. The Kier molecular flexibility index (Phi) is 3.81. The lowest BCUT2D eigenvalue weighted by Gasteiger charge is -2.23. The molecule has 100 valence electrons. The van der Waals surface area contributed by atoms with Gasteiger partial charge in [0.2, 0.25) is 0 Å². The molecule has 3 nitrogen and oxygen atoms in total. The Morgan fingerprint density at radius 3 is 2.53 bits per heavy atom. The molecule has 0 saturated carbocycles. The second-order valence-electron chi connectivity index (χ2n) is 5.07. The lowest BCUT2D eigenvalue weighted by atomic mass is 9.90. The van der Waals surface area contributed by atoms with E-state index in [-0.39, 0.29) is 5.82 Å². The van der Waals surface area contributed by atoms with E-state index in [1.165, 1.54) is 12.1 Å². The lowest BCUT2D eigenvalue weighted by molar-refractivity contribution is 0.0608. The van der Waals surface area contributed by atoms with Gasteiger partial charge in [0, 0.05) is 19.0 Å². The van der Waals surface area contributed by atoms with E-state index in [2.05, 4.69) is 4.98 Å². The Morgan fingerprint density at radius 1 is 1.21 bits per heavy atom. The summed E-state index contributed by atoms with van der Waals surface area (Å²) >= 11 is 0. The zero-order valence-corrected chi connectivity index (χ0v) is 10.8. The quantitative estimate of drug-likeness (QED) is 0.887. The summed E-state index contributed by atoms with van der Waals surface area (Å²) in [6.07, 6.45) is 2.44. The molecule has 0 aliphatic carbocycles. The number of nitrogen functional groups attached to an aromatic ring is 1. The third-order valence-corrected chi connectivity index (χ3v) is 2.90. The average Bonchev–Trinajstić information content (AvgIpc) is 2.27. The molecular formula is C15H17FN2O. The number of halogens is 1. The third kappa shape index (κ3) is 4.03. The van der Waals surface area contributed by atoms with Crippen LogP contribution in [-0.4, -0.2) is 15.7 Å². The van der Waals surface area contributed by atoms with Gasteiger partial charge in [-0.2, -0.15) is 0 Å². The molecule has 3 N–H and O–H groups in total. The first kappa shape index (κ1) is 13.5. The molecule has 0 aliphatic heterocycles. The normalized spacial score (nSPS) is 14.1. The standard InChI is InChI=1S/C15H17FN2O/c1-15(19,9-11-3-2-4-13(16)7-11)10-12-5-6-18-14(17)8-12/h2-8,19H,9-10H2,1H3,(H2,17,18). The Morgan fingerprint density at radius 2 is 1.89 bits per heavy atom. The molecule has 1 aromatic heterocycles. The molecule has 1 aromatic carbocycles. The van der Waals surface area contributed by atoms with Gasteiger partial charge in [0.05, 0.1) is 5.60 Å². The fraction of sp³-hybridized carbons (Fsp3) is 0.267. The zero-order valence-electron chi connectivity index (χ0n) is 10.8. The van der Waals surface area contributed by atoms with Crippen LogP contribution in [0, 0.1) is 5.82 Å². The van der Waals surface area contributed by atoms with Crippen molar-refractivity contribution in [1.82, 2.24) is 4.98 Å². The number of aliphatic hydroxyl groups is 1. The molecule has 1 unspecified atom stereocenters. The summed E-state index contributed by atoms with van der Waals surface area (Å²) < 4.78 is 13.1. The van der Waals surface area contributed by atoms with Gasteiger partial charge in [-0.25, -0.2) is 9.37 Å². The highest BCUT2D eigenvalue weighted by Crippen LogP contribution is 2.19. The minimum Gasteiger partial charge on any atom is -0.389 e. The number of nitrogens with two attached hydrogens (primary N) is 1. The van der Waals surface area contributed by atoms with Gasteiger partial charge in [0.15, 0.2) is 0 Å². The number of hydrogen-bond acceptors (Lipinski definition) is 3. The first-order chi connectivity index (χ1) is 8.94. The SMILES string of the molecule is CC(O)(Cc1cccc(F)c1)Cc1ccnc(N)c1. The van der Waals surface area contributed by atoms with Gasteiger partial charge in [-0.3, -0.25) is 0 Å². The monoisotopic (exact) mass is 260 g/mol. The van der Waals surface area contributed by atoms with Crippen molar-refractivity contribution in [2.24, 2.45) is 0 Å². The summed E-state index contributed by atoms with van der Waals surface area (Å²) in [6, 6.07) is 9.83. The van der Waals surface area contributed by atoms with Crippen LogP contribution in [0.3, 0.4) is 0 Å². The van der Waals surface area contributed by atoms with E-state index in [4.69, 9.17) is 5.73 Å². The molecule has 1 atom stereocenters. The van der Waals surface area contributed by atoms with E-state index >= 15 is 0 Å². The van der Waals surface area contributed by atoms with Crippen molar-refractivity contribution in [3.8, 4) is 0 Å². The van der Waals surface area contributed by atoms with Crippen LogP contribution >= 0.6 is 0 Å². The van der Waals surface area contributed by atoms with Gasteiger partial charge >= 0.3 is 0 Å². The van der Waals surface area contributed by atoms with Crippen molar-refractivity contribution < 1.29 is 9.50 Å². The number of rotatable bonds is 4. The number of nitrogens with zero attached hydrogens (tertiary/aromatic N) is 1. The second kappa shape index (κ2) is 5.36. The van der Waals surface area contributed by atoms with Crippen LogP contribution in [0.25, 0.3) is 0 Å².